The molecule has 1 aliphatic rings. The maximum absolute atomic E-state index is 12.6. The van der Waals surface area contributed by atoms with Crippen LogP contribution < -0.4 is 10.6 Å². The van der Waals surface area contributed by atoms with E-state index >= 15 is 0 Å². The molecule has 1 saturated carbocycles. The first-order valence-corrected chi connectivity index (χ1v) is 8.80. The molecule has 1 aliphatic carbocycles. The highest BCUT2D eigenvalue weighted by Gasteiger charge is 2.56. The number of nitrogens with one attached hydrogen (secondary N) is 2. The number of methoxy groups -OCH3 is 1. The van der Waals surface area contributed by atoms with Gasteiger partial charge in [0.05, 0.1) is 23.4 Å². The summed E-state index contributed by atoms with van der Waals surface area (Å²) in [5, 5.41) is 5.79. The lowest BCUT2D eigenvalue weighted by Gasteiger charge is -2.17. The number of hydrogen-bond acceptors (Lipinski definition) is 5. The number of hydrogen-bond donors (Lipinski definition) is 2. The summed E-state index contributed by atoms with van der Waals surface area (Å²) in [4.78, 5) is 38.7. The summed E-state index contributed by atoms with van der Waals surface area (Å²) in [5.74, 6) is -1.21. The summed E-state index contributed by atoms with van der Waals surface area (Å²) in [6.45, 7) is 1.38. The van der Waals surface area contributed by atoms with Crippen LogP contribution in [0.15, 0.2) is 18.2 Å². The second-order valence-electron chi connectivity index (χ2n) is 6.64. The highest BCUT2D eigenvalue weighted by Crippen LogP contribution is 2.47. The van der Waals surface area contributed by atoms with Gasteiger partial charge in [0.25, 0.3) is 0 Å². The van der Waals surface area contributed by atoms with Gasteiger partial charge in [0.1, 0.15) is 5.41 Å². The van der Waals surface area contributed by atoms with E-state index in [-0.39, 0.29) is 22.2 Å². The molecule has 142 valence electrons. The molecule has 0 radical (unpaired) electrons. The highest BCUT2D eigenvalue weighted by molar-refractivity contribution is 6.34. The molecule has 2 N–H and O–H groups in total. The smallest absolute Gasteiger partial charge is 0.337 e. The summed E-state index contributed by atoms with van der Waals surface area (Å²) in [6, 6.07) is 4.45. The van der Waals surface area contributed by atoms with E-state index in [1.807, 2.05) is 19.0 Å². The van der Waals surface area contributed by atoms with Crippen molar-refractivity contribution < 1.29 is 19.1 Å². The van der Waals surface area contributed by atoms with Crippen LogP contribution in [0, 0.1) is 5.41 Å². The molecule has 0 heterocycles. The fourth-order valence-electron chi connectivity index (χ4n) is 2.56. The van der Waals surface area contributed by atoms with Crippen molar-refractivity contribution in [1.29, 1.82) is 0 Å². The second-order valence-corrected chi connectivity index (χ2v) is 7.04. The normalized spacial score (nSPS) is 14.7. The van der Waals surface area contributed by atoms with Crippen LogP contribution in [0.2, 0.25) is 5.02 Å². The highest BCUT2D eigenvalue weighted by atomic mass is 35.5. The molecule has 1 aromatic rings. The Kier molecular flexibility index (Phi) is 6.61. The van der Waals surface area contributed by atoms with E-state index in [2.05, 4.69) is 15.4 Å². The third kappa shape index (κ3) is 4.74. The maximum Gasteiger partial charge on any atom is 0.337 e. The Morgan fingerprint density at radius 2 is 1.92 bits per heavy atom. The van der Waals surface area contributed by atoms with Gasteiger partial charge in [-0.05, 0) is 58.1 Å². The molecule has 0 atom stereocenters. The predicted octanol–water partition coefficient (Wildman–Crippen LogP) is 1.91. The molecule has 2 amide bonds. The van der Waals surface area contributed by atoms with Gasteiger partial charge in [-0.15, -0.1) is 0 Å². The van der Waals surface area contributed by atoms with E-state index in [0.29, 0.717) is 19.4 Å². The summed E-state index contributed by atoms with van der Waals surface area (Å²) in [5.41, 5.74) is -0.501. The lowest BCUT2D eigenvalue weighted by molar-refractivity contribution is -0.134. The van der Waals surface area contributed by atoms with Crippen LogP contribution in [-0.2, 0) is 14.3 Å². The molecule has 1 fully saturated rings. The van der Waals surface area contributed by atoms with Gasteiger partial charge in [0.15, 0.2) is 0 Å². The number of rotatable bonds is 8. The molecule has 0 aliphatic heterocycles. The number of esters is 1. The van der Waals surface area contributed by atoms with E-state index in [1.165, 1.54) is 25.3 Å². The van der Waals surface area contributed by atoms with Crippen LogP contribution in [0.25, 0.3) is 0 Å². The molecule has 8 heteroatoms. The molecule has 26 heavy (non-hydrogen) atoms. The summed E-state index contributed by atoms with van der Waals surface area (Å²) >= 11 is 6.10. The maximum atomic E-state index is 12.6. The molecule has 0 unspecified atom stereocenters. The number of ether oxygens (including phenoxy) is 1. The zero-order valence-electron chi connectivity index (χ0n) is 15.2. The minimum atomic E-state index is -1.05. The number of halogens is 1. The van der Waals surface area contributed by atoms with Crippen molar-refractivity contribution in [2.24, 2.45) is 5.41 Å². The number of benzene rings is 1. The first-order valence-electron chi connectivity index (χ1n) is 8.42. The molecular formula is C18H24ClN3O4. The van der Waals surface area contributed by atoms with E-state index in [4.69, 9.17) is 11.6 Å². The van der Waals surface area contributed by atoms with Gasteiger partial charge in [0, 0.05) is 6.54 Å². The van der Waals surface area contributed by atoms with Gasteiger partial charge in [-0.1, -0.05) is 11.6 Å². The van der Waals surface area contributed by atoms with Gasteiger partial charge in [-0.2, -0.15) is 0 Å². The average Bonchev–Trinajstić information content (AvgIpc) is 3.41. The van der Waals surface area contributed by atoms with E-state index in [9.17, 15) is 14.4 Å². The Hall–Kier alpha value is -2.12. The number of carbonyl (C=O) groups is 3. The molecular weight excluding hydrogens is 358 g/mol. The fraction of sp³-hybridized carbons (Fsp3) is 0.500. The molecule has 0 saturated heterocycles. The number of amides is 2. The first kappa shape index (κ1) is 20.2. The van der Waals surface area contributed by atoms with Crippen molar-refractivity contribution in [3.05, 3.63) is 28.8 Å². The monoisotopic (exact) mass is 381 g/mol. The van der Waals surface area contributed by atoms with E-state index in [1.54, 1.807) is 0 Å². The quantitative estimate of drug-likeness (QED) is 0.408. The molecule has 0 spiro atoms. The largest absolute Gasteiger partial charge is 0.465 e. The van der Waals surface area contributed by atoms with Crippen LogP contribution in [-0.4, -0.2) is 57.0 Å². The van der Waals surface area contributed by atoms with E-state index in [0.717, 1.165) is 13.0 Å². The topological polar surface area (TPSA) is 87.7 Å². The Bertz CT molecular complexity index is 702. The SMILES string of the molecule is COC(=O)c1ccc(Cl)c(NC(=O)C2(C(=O)NCCCN(C)C)CC2)c1. The van der Waals surface area contributed by atoms with Gasteiger partial charge in [0.2, 0.25) is 11.8 Å². The van der Waals surface area contributed by atoms with Crippen LogP contribution >= 0.6 is 11.6 Å². The zero-order chi connectivity index (χ0) is 19.3. The Labute approximate surface area is 158 Å². The van der Waals surface area contributed by atoms with Crippen LogP contribution in [0.5, 0.6) is 0 Å². The molecule has 1 aromatic carbocycles. The summed E-state index contributed by atoms with van der Waals surface area (Å²) in [7, 11) is 5.20. The minimum absolute atomic E-state index is 0.269. The van der Waals surface area contributed by atoms with Gasteiger partial charge in [-0.3, -0.25) is 9.59 Å². The zero-order valence-corrected chi connectivity index (χ0v) is 16.0. The van der Waals surface area contributed by atoms with E-state index < -0.39 is 17.3 Å². The predicted molar refractivity (Wildman–Crippen MR) is 99.3 cm³/mol. The van der Waals surface area contributed by atoms with Crippen LogP contribution in [0.3, 0.4) is 0 Å². The molecule has 0 aromatic heterocycles. The molecule has 7 nitrogen and oxygen atoms in total. The van der Waals surface area contributed by atoms with Crippen molar-refractivity contribution in [1.82, 2.24) is 10.2 Å². The Balaban J connectivity index is 2.00. The van der Waals surface area contributed by atoms with Crippen molar-refractivity contribution in [3.63, 3.8) is 0 Å². The van der Waals surface area contributed by atoms with Gasteiger partial charge >= 0.3 is 5.97 Å². The van der Waals surface area contributed by atoms with Gasteiger partial charge in [-0.25, -0.2) is 4.79 Å². The molecule has 0 bridgehead atoms. The minimum Gasteiger partial charge on any atom is -0.465 e. The molecule has 2 rings (SSSR count). The first-order chi connectivity index (χ1) is 12.3. The standard InChI is InChI=1S/C18H24ClN3O4/c1-22(2)10-4-9-20-16(24)18(7-8-18)17(25)21-14-11-12(15(23)26-3)5-6-13(14)19/h5-6,11H,4,7-10H2,1-3H3,(H,20,24)(H,21,25). The number of anilines is 1. The summed E-state index contributed by atoms with van der Waals surface area (Å²) < 4.78 is 4.66. The second kappa shape index (κ2) is 8.51. The average molecular weight is 382 g/mol. The number of nitrogens with zero attached hydrogens (tertiary/aromatic N) is 1. The Morgan fingerprint density at radius 3 is 2.50 bits per heavy atom. The third-order valence-corrected chi connectivity index (χ3v) is 4.65. The lowest BCUT2D eigenvalue weighted by atomic mass is 10.0. The fourth-order valence-corrected chi connectivity index (χ4v) is 2.72. The van der Waals surface area contributed by atoms with Crippen LogP contribution in [0.4, 0.5) is 5.69 Å². The summed E-state index contributed by atoms with van der Waals surface area (Å²) in [6.07, 6.45) is 1.79. The van der Waals surface area contributed by atoms with Crippen molar-refractivity contribution in [2.75, 3.05) is 39.6 Å². The van der Waals surface area contributed by atoms with Crippen molar-refractivity contribution in [2.45, 2.75) is 19.3 Å². The number of carbonyl (C=O) groups excluding carboxylic acids is 3. The van der Waals surface area contributed by atoms with Crippen molar-refractivity contribution >= 4 is 35.1 Å². The Morgan fingerprint density at radius 1 is 1.23 bits per heavy atom. The lowest BCUT2D eigenvalue weighted by Crippen LogP contribution is -2.40. The van der Waals surface area contributed by atoms with Gasteiger partial charge < -0.3 is 20.3 Å². The van der Waals surface area contributed by atoms with Crippen LogP contribution in [0.1, 0.15) is 29.6 Å². The third-order valence-electron chi connectivity index (χ3n) is 4.32. The van der Waals surface area contributed by atoms with Crippen molar-refractivity contribution in [3.8, 4) is 0 Å².